The van der Waals surface area contributed by atoms with Crippen molar-refractivity contribution in [3.8, 4) is 17.3 Å². The molecule has 1 aliphatic rings. The molecule has 2 aromatic heterocycles. The van der Waals surface area contributed by atoms with E-state index < -0.39 is 11.6 Å². The maximum Gasteiger partial charge on any atom is 0.200 e. The number of hydrogen-bond acceptors (Lipinski definition) is 5. The summed E-state index contributed by atoms with van der Waals surface area (Å²) in [7, 11) is 1.32. The summed E-state index contributed by atoms with van der Waals surface area (Å²) in [5.74, 6) is -1.40. The highest BCUT2D eigenvalue weighted by Crippen LogP contribution is 2.31. The molecule has 1 aliphatic heterocycles. The van der Waals surface area contributed by atoms with E-state index in [0.717, 1.165) is 23.2 Å². The molecule has 0 aliphatic carbocycles. The van der Waals surface area contributed by atoms with Crippen LogP contribution in [0.5, 0.6) is 5.75 Å². The predicted molar refractivity (Wildman–Crippen MR) is 92.9 cm³/mol. The van der Waals surface area contributed by atoms with Crippen molar-refractivity contribution in [1.29, 1.82) is 0 Å². The van der Waals surface area contributed by atoms with E-state index in [4.69, 9.17) is 4.74 Å². The number of halogens is 2. The Morgan fingerprint density at radius 2 is 1.85 bits per heavy atom. The second kappa shape index (κ2) is 6.67. The normalized spacial score (nSPS) is 13.4. The van der Waals surface area contributed by atoms with E-state index in [1.54, 1.807) is 24.7 Å². The topological polar surface area (TPSA) is 51.1 Å². The van der Waals surface area contributed by atoms with E-state index in [9.17, 15) is 8.78 Å². The number of benzene rings is 1. The van der Waals surface area contributed by atoms with E-state index in [-0.39, 0.29) is 5.75 Å². The number of methoxy groups -OCH3 is 1. The molecule has 3 heterocycles. The zero-order valence-corrected chi connectivity index (χ0v) is 14.1. The number of nitrogens with zero attached hydrogens (tertiary/aromatic N) is 4. The van der Waals surface area contributed by atoms with Crippen LogP contribution in [-0.4, -0.2) is 28.6 Å². The van der Waals surface area contributed by atoms with E-state index >= 15 is 0 Å². The zero-order chi connectivity index (χ0) is 18.1. The number of ether oxygens (including phenoxy) is 1. The number of rotatable bonds is 3. The Hall–Kier alpha value is -3.09. The monoisotopic (exact) mass is 354 g/mol. The minimum absolute atomic E-state index is 0.0968. The summed E-state index contributed by atoms with van der Waals surface area (Å²) in [6, 6.07) is 6.47. The molecule has 0 saturated heterocycles. The van der Waals surface area contributed by atoms with Crippen molar-refractivity contribution in [2.75, 3.05) is 18.6 Å². The van der Waals surface area contributed by atoms with Gasteiger partial charge in [-0.3, -0.25) is 4.98 Å². The van der Waals surface area contributed by atoms with Crippen LogP contribution in [0.1, 0.15) is 11.1 Å². The number of aromatic nitrogens is 3. The van der Waals surface area contributed by atoms with E-state index in [1.165, 1.54) is 19.2 Å². The van der Waals surface area contributed by atoms with Gasteiger partial charge in [0.1, 0.15) is 5.69 Å². The van der Waals surface area contributed by atoms with E-state index in [2.05, 4.69) is 15.0 Å². The summed E-state index contributed by atoms with van der Waals surface area (Å²) in [4.78, 5) is 14.9. The average Bonchev–Trinajstić information content (AvgIpc) is 2.69. The van der Waals surface area contributed by atoms with Gasteiger partial charge in [0.2, 0.25) is 5.82 Å². The van der Waals surface area contributed by atoms with Crippen LogP contribution in [0.2, 0.25) is 0 Å². The lowest BCUT2D eigenvalue weighted by molar-refractivity contribution is 0.372. The van der Waals surface area contributed by atoms with Gasteiger partial charge >= 0.3 is 0 Å². The number of pyridine rings is 1. The molecular formula is C19H16F2N4O. The molecule has 0 saturated carbocycles. The van der Waals surface area contributed by atoms with Gasteiger partial charge in [0, 0.05) is 49.5 Å². The lowest BCUT2D eigenvalue weighted by atomic mass is 10.00. The van der Waals surface area contributed by atoms with Gasteiger partial charge in [0.25, 0.3) is 0 Å². The third kappa shape index (κ3) is 2.96. The van der Waals surface area contributed by atoms with Crippen molar-refractivity contribution in [2.24, 2.45) is 0 Å². The molecular weight excluding hydrogens is 338 g/mol. The number of anilines is 1. The summed E-state index contributed by atoms with van der Waals surface area (Å²) < 4.78 is 32.4. The molecule has 26 heavy (non-hydrogen) atoms. The van der Waals surface area contributed by atoms with Gasteiger partial charge in [0.15, 0.2) is 17.4 Å². The summed E-state index contributed by atoms with van der Waals surface area (Å²) in [6.45, 7) is 1.24. The Morgan fingerprint density at radius 1 is 1.04 bits per heavy atom. The van der Waals surface area contributed by atoms with Crippen LogP contribution < -0.4 is 9.64 Å². The zero-order valence-electron chi connectivity index (χ0n) is 14.1. The molecule has 0 atom stereocenters. The average molecular weight is 354 g/mol. The number of hydrogen-bond donors (Lipinski definition) is 0. The predicted octanol–water partition coefficient (Wildman–Crippen LogP) is 3.39. The van der Waals surface area contributed by atoms with Crippen LogP contribution in [0.25, 0.3) is 11.5 Å². The second-order valence-corrected chi connectivity index (χ2v) is 6.03. The second-order valence-electron chi connectivity index (χ2n) is 6.03. The van der Waals surface area contributed by atoms with Crippen molar-refractivity contribution >= 4 is 5.69 Å². The van der Waals surface area contributed by atoms with Gasteiger partial charge in [-0.15, -0.1) is 0 Å². The fraction of sp³-hybridized carbons (Fsp3) is 0.211. The summed E-state index contributed by atoms with van der Waals surface area (Å²) >= 11 is 0. The fourth-order valence-electron chi connectivity index (χ4n) is 3.10. The van der Waals surface area contributed by atoms with Crippen molar-refractivity contribution in [2.45, 2.75) is 13.0 Å². The lowest BCUT2D eigenvalue weighted by Gasteiger charge is -2.31. The molecule has 7 heteroatoms. The van der Waals surface area contributed by atoms with Crippen LogP contribution in [0, 0.1) is 11.6 Å². The molecule has 0 N–H and O–H groups in total. The Bertz CT molecular complexity index is 950. The summed E-state index contributed by atoms with van der Waals surface area (Å²) in [6.07, 6.45) is 5.92. The first kappa shape index (κ1) is 16.4. The third-order valence-corrected chi connectivity index (χ3v) is 4.45. The molecule has 0 spiro atoms. The van der Waals surface area contributed by atoms with Gasteiger partial charge in [-0.25, -0.2) is 14.4 Å². The Labute approximate surface area is 149 Å². The molecule has 1 aromatic carbocycles. The minimum atomic E-state index is -0.970. The highest BCUT2D eigenvalue weighted by Gasteiger charge is 2.21. The Balaban J connectivity index is 1.62. The van der Waals surface area contributed by atoms with Gasteiger partial charge < -0.3 is 9.64 Å². The first-order valence-corrected chi connectivity index (χ1v) is 8.19. The molecule has 0 amide bonds. The van der Waals surface area contributed by atoms with E-state index in [0.29, 0.717) is 24.6 Å². The lowest BCUT2D eigenvalue weighted by Crippen LogP contribution is -2.30. The first-order valence-electron chi connectivity index (χ1n) is 8.19. The quantitative estimate of drug-likeness (QED) is 0.722. The molecule has 132 valence electrons. The largest absolute Gasteiger partial charge is 0.493 e. The molecule has 0 fully saturated rings. The smallest absolute Gasteiger partial charge is 0.200 e. The maximum atomic E-state index is 13.8. The van der Waals surface area contributed by atoms with Gasteiger partial charge in [-0.2, -0.15) is 4.39 Å². The van der Waals surface area contributed by atoms with Crippen LogP contribution in [0.4, 0.5) is 14.5 Å². The highest BCUT2D eigenvalue weighted by molar-refractivity contribution is 5.56. The molecule has 5 nitrogen and oxygen atoms in total. The van der Waals surface area contributed by atoms with Crippen LogP contribution >= 0.6 is 0 Å². The van der Waals surface area contributed by atoms with Crippen molar-refractivity contribution in [1.82, 2.24) is 15.0 Å². The Kier molecular flexibility index (Phi) is 4.20. The van der Waals surface area contributed by atoms with Gasteiger partial charge in [-0.05, 0) is 29.7 Å². The Morgan fingerprint density at radius 3 is 2.62 bits per heavy atom. The van der Waals surface area contributed by atoms with Crippen molar-refractivity contribution in [3.05, 3.63) is 65.6 Å². The molecule has 0 radical (unpaired) electrons. The number of fused-ring (bicyclic) bond motifs is 1. The van der Waals surface area contributed by atoms with E-state index in [1.807, 2.05) is 11.0 Å². The molecule has 4 rings (SSSR count). The molecule has 0 bridgehead atoms. The van der Waals surface area contributed by atoms with Crippen LogP contribution in [0.15, 0.2) is 42.9 Å². The summed E-state index contributed by atoms with van der Waals surface area (Å²) in [5.41, 5.74) is 3.52. The first-order chi connectivity index (χ1) is 12.7. The van der Waals surface area contributed by atoms with Crippen LogP contribution in [-0.2, 0) is 13.0 Å². The maximum absolute atomic E-state index is 13.8. The molecule has 0 unspecified atom stereocenters. The van der Waals surface area contributed by atoms with Gasteiger partial charge in [-0.1, -0.05) is 0 Å². The van der Waals surface area contributed by atoms with Crippen LogP contribution in [0.3, 0.4) is 0 Å². The van der Waals surface area contributed by atoms with Crippen molar-refractivity contribution in [3.63, 3.8) is 0 Å². The standard InChI is InChI=1S/C19H16F2N4O/c1-26-17-9-14(8-15(20)18(17)21)25-6-3-12-7-16(24-10-13(12)11-25)19-22-4-2-5-23-19/h2,4-5,7-10H,3,6,11H2,1H3. The highest BCUT2D eigenvalue weighted by atomic mass is 19.2. The van der Waals surface area contributed by atoms with Crippen molar-refractivity contribution < 1.29 is 13.5 Å². The summed E-state index contributed by atoms with van der Waals surface area (Å²) in [5, 5.41) is 0. The molecule has 3 aromatic rings. The fourth-order valence-corrected chi connectivity index (χ4v) is 3.10. The SMILES string of the molecule is COc1cc(N2CCc3cc(-c4ncccn4)ncc3C2)cc(F)c1F. The third-order valence-electron chi connectivity index (χ3n) is 4.45. The minimum Gasteiger partial charge on any atom is -0.493 e. The van der Waals surface area contributed by atoms with Gasteiger partial charge in [0.05, 0.1) is 7.11 Å².